The number of esters is 1. The molecule has 0 fully saturated rings. The van der Waals surface area contributed by atoms with Gasteiger partial charge in [0.2, 0.25) is 0 Å². The number of fused-ring (bicyclic) bond motifs is 1. The van der Waals surface area contributed by atoms with Crippen LogP contribution in [0.1, 0.15) is 26.3 Å². The van der Waals surface area contributed by atoms with Crippen molar-refractivity contribution in [2.45, 2.75) is 33.9 Å². The van der Waals surface area contributed by atoms with Crippen molar-refractivity contribution in [2.24, 2.45) is 5.41 Å². The summed E-state index contributed by atoms with van der Waals surface area (Å²) in [6.45, 7) is 6.86. The minimum Gasteiger partial charge on any atom is -0.443 e. The maximum absolute atomic E-state index is 12.0. The molecular formula is C18H26N2O2. The molecule has 0 saturated carbocycles. The van der Waals surface area contributed by atoms with Crippen molar-refractivity contribution in [2.75, 3.05) is 20.6 Å². The second kappa shape index (κ2) is 6.53. The second-order valence-corrected chi connectivity index (χ2v) is 7.01. The van der Waals surface area contributed by atoms with Gasteiger partial charge >= 0.3 is 5.97 Å². The number of ether oxygens (including phenoxy) is 1. The molecule has 0 aliphatic carbocycles. The van der Waals surface area contributed by atoms with Crippen LogP contribution in [0.3, 0.4) is 0 Å². The molecule has 0 saturated heterocycles. The highest BCUT2D eigenvalue weighted by molar-refractivity contribution is 5.84. The van der Waals surface area contributed by atoms with Crippen molar-refractivity contribution in [3.63, 3.8) is 0 Å². The van der Waals surface area contributed by atoms with Crippen LogP contribution in [0.4, 0.5) is 0 Å². The van der Waals surface area contributed by atoms with E-state index in [1.807, 2.05) is 37.5 Å². The van der Waals surface area contributed by atoms with Gasteiger partial charge in [-0.3, -0.25) is 4.79 Å². The summed E-state index contributed by atoms with van der Waals surface area (Å²) in [6, 6.07) is 8.26. The molecule has 4 heteroatoms. The average molecular weight is 302 g/mol. The molecule has 0 bridgehead atoms. The fourth-order valence-corrected chi connectivity index (χ4v) is 2.32. The minimum atomic E-state index is -0.475. The summed E-state index contributed by atoms with van der Waals surface area (Å²) < 4.78 is 7.47. The number of carbonyl (C=O) groups excluding carboxylic acids is 1. The zero-order chi connectivity index (χ0) is 16.3. The minimum absolute atomic E-state index is 0.180. The molecule has 1 heterocycles. The molecule has 0 aliphatic rings. The Balaban J connectivity index is 2.21. The lowest BCUT2D eigenvalue weighted by molar-refractivity contribution is -0.156. The first kappa shape index (κ1) is 16.6. The molecule has 0 aliphatic heterocycles. The summed E-state index contributed by atoms with van der Waals surface area (Å²) in [4.78, 5) is 14.1. The summed E-state index contributed by atoms with van der Waals surface area (Å²) in [5.74, 6) is -0.180. The Bertz CT molecular complexity index is 651. The molecule has 1 aromatic heterocycles. The average Bonchev–Trinajstić information content (AvgIpc) is 2.80. The Hall–Kier alpha value is -1.81. The molecule has 120 valence electrons. The van der Waals surface area contributed by atoms with E-state index in [1.54, 1.807) is 0 Å². The Morgan fingerprint density at radius 1 is 1.23 bits per heavy atom. The maximum atomic E-state index is 12.0. The number of hydrogen-bond donors (Lipinski definition) is 0. The normalized spacial score (nSPS) is 12.1. The highest BCUT2D eigenvalue weighted by atomic mass is 16.5. The van der Waals surface area contributed by atoms with Gasteiger partial charge in [-0.2, -0.15) is 0 Å². The quantitative estimate of drug-likeness (QED) is 0.795. The highest BCUT2D eigenvalue weighted by Gasteiger charge is 2.23. The van der Waals surface area contributed by atoms with Crippen LogP contribution in [-0.4, -0.2) is 36.1 Å². The number of para-hydroxylation sites is 1. The second-order valence-electron chi connectivity index (χ2n) is 7.01. The number of carbonyl (C=O) groups is 1. The maximum Gasteiger partial charge on any atom is 0.312 e. The van der Waals surface area contributed by atoms with E-state index in [-0.39, 0.29) is 12.7 Å². The molecule has 2 aromatic rings. The monoisotopic (exact) mass is 302 g/mol. The van der Waals surface area contributed by atoms with Crippen molar-refractivity contribution in [1.82, 2.24) is 9.47 Å². The summed E-state index contributed by atoms with van der Waals surface area (Å²) in [6.07, 6.45) is 3.08. The van der Waals surface area contributed by atoms with E-state index in [9.17, 15) is 4.79 Å². The Labute approximate surface area is 132 Å². The standard InChI is InChI=1S/C18H26N2O2/c1-18(2,3)17(21)22-13-20-12-14(10-11-19(4)5)15-8-6-7-9-16(15)20/h6-9,12H,10-11,13H2,1-5H3. The zero-order valence-corrected chi connectivity index (χ0v) is 14.2. The number of rotatable bonds is 5. The molecule has 0 N–H and O–H groups in total. The van der Waals surface area contributed by atoms with E-state index < -0.39 is 5.41 Å². The van der Waals surface area contributed by atoms with Gasteiger partial charge in [0.15, 0.2) is 6.73 Å². The van der Waals surface area contributed by atoms with Gasteiger partial charge in [0.25, 0.3) is 0 Å². The van der Waals surface area contributed by atoms with Crippen molar-refractivity contribution in [1.29, 1.82) is 0 Å². The topological polar surface area (TPSA) is 34.5 Å². The SMILES string of the molecule is CN(C)CCc1cn(COC(=O)C(C)(C)C)c2ccccc12. The van der Waals surface area contributed by atoms with Crippen molar-refractivity contribution in [3.05, 3.63) is 36.0 Å². The third kappa shape index (κ3) is 3.89. The Kier molecular flexibility index (Phi) is 4.91. The fourth-order valence-electron chi connectivity index (χ4n) is 2.32. The summed E-state index contributed by atoms with van der Waals surface area (Å²) in [7, 11) is 4.15. The van der Waals surface area contributed by atoms with Crippen LogP contribution in [-0.2, 0) is 22.7 Å². The van der Waals surface area contributed by atoms with Gasteiger partial charge in [0, 0.05) is 18.1 Å². The lowest BCUT2D eigenvalue weighted by Crippen LogP contribution is -2.23. The molecular weight excluding hydrogens is 276 g/mol. The van der Waals surface area contributed by atoms with Crippen LogP contribution in [0.15, 0.2) is 30.5 Å². The molecule has 0 atom stereocenters. The van der Waals surface area contributed by atoms with Crippen LogP contribution in [0.2, 0.25) is 0 Å². The fraction of sp³-hybridized carbons (Fsp3) is 0.500. The molecule has 0 amide bonds. The van der Waals surface area contributed by atoms with E-state index in [0.717, 1.165) is 18.5 Å². The number of hydrogen-bond acceptors (Lipinski definition) is 3. The van der Waals surface area contributed by atoms with Gasteiger partial charge in [-0.15, -0.1) is 0 Å². The third-order valence-electron chi connectivity index (χ3n) is 3.65. The Morgan fingerprint density at radius 2 is 1.91 bits per heavy atom. The van der Waals surface area contributed by atoms with Crippen LogP contribution in [0.5, 0.6) is 0 Å². The van der Waals surface area contributed by atoms with Crippen LogP contribution >= 0.6 is 0 Å². The van der Waals surface area contributed by atoms with Crippen LogP contribution < -0.4 is 0 Å². The lowest BCUT2D eigenvalue weighted by Gasteiger charge is -2.17. The number of aromatic nitrogens is 1. The first-order valence-electron chi connectivity index (χ1n) is 7.68. The molecule has 22 heavy (non-hydrogen) atoms. The molecule has 0 radical (unpaired) electrons. The molecule has 0 spiro atoms. The van der Waals surface area contributed by atoms with Crippen LogP contribution in [0.25, 0.3) is 10.9 Å². The van der Waals surface area contributed by atoms with Gasteiger partial charge in [0.1, 0.15) is 0 Å². The van der Waals surface area contributed by atoms with Crippen LogP contribution in [0, 0.1) is 5.41 Å². The lowest BCUT2D eigenvalue weighted by atomic mass is 9.98. The molecule has 0 unspecified atom stereocenters. The van der Waals surface area contributed by atoms with E-state index in [2.05, 4.69) is 37.3 Å². The number of likely N-dealkylation sites (N-methyl/N-ethyl adjacent to an activating group) is 1. The summed E-state index contributed by atoms with van der Waals surface area (Å²) in [5, 5.41) is 1.23. The Morgan fingerprint density at radius 3 is 2.55 bits per heavy atom. The molecule has 1 aromatic carbocycles. The zero-order valence-electron chi connectivity index (χ0n) is 14.2. The summed E-state index contributed by atoms with van der Waals surface area (Å²) in [5.41, 5.74) is 1.92. The number of benzene rings is 1. The van der Waals surface area contributed by atoms with Gasteiger partial charge < -0.3 is 14.2 Å². The van der Waals surface area contributed by atoms with E-state index in [0.29, 0.717) is 0 Å². The van der Waals surface area contributed by atoms with Gasteiger partial charge in [-0.1, -0.05) is 18.2 Å². The van der Waals surface area contributed by atoms with Gasteiger partial charge in [-0.25, -0.2) is 0 Å². The van der Waals surface area contributed by atoms with Crippen molar-refractivity contribution in [3.8, 4) is 0 Å². The largest absolute Gasteiger partial charge is 0.443 e. The van der Waals surface area contributed by atoms with Crippen molar-refractivity contribution >= 4 is 16.9 Å². The first-order chi connectivity index (χ1) is 10.3. The molecule has 4 nitrogen and oxygen atoms in total. The smallest absolute Gasteiger partial charge is 0.312 e. The first-order valence-corrected chi connectivity index (χ1v) is 7.68. The van der Waals surface area contributed by atoms with E-state index in [1.165, 1.54) is 10.9 Å². The van der Waals surface area contributed by atoms with Crippen molar-refractivity contribution < 1.29 is 9.53 Å². The van der Waals surface area contributed by atoms with E-state index >= 15 is 0 Å². The van der Waals surface area contributed by atoms with Gasteiger partial charge in [0.05, 0.1) is 10.9 Å². The highest BCUT2D eigenvalue weighted by Crippen LogP contribution is 2.23. The predicted molar refractivity (Wildman–Crippen MR) is 89.7 cm³/mol. The predicted octanol–water partition coefficient (Wildman–Crippen LogP) is 3.29. The third-order valence-corrected chi connectivity index (χ3v) is 3.65. The summed E-state index contributed by atoms with van der Waals surface area (Å²) >= 11 is 0. The van der Waals surface area contributed by atoms with Gasteiger partial charge in [-0.05, 0) is 52.9 Å². The van der Waals surface area contributed by atoms with E-state index in [4.69, 9.17) is 4.74 Å². The molecule has 2 rings (SSSR count). The number of nitrogens with zero attached hydrogens (tertiary/aromatic N) is 2.